The van der Waals surface area contributed by atoms with E-state index in [0.717, 1.165) is 22.6 Å². The highest BCUT2D eigenvalue weighted by Gasteiger charge is 2.17. The number of nitrogens with two attached hydrogens (primary N) is 1. The maximum Gasteiger partial charge on any atom is 0.222 e. The molecule has 1 aliphatic carbocycles. The Morgan fingerprint density at radius 2 is 1.95 bits per heavy atom. The largest absolute Gasteiger partial charge is 0.368 e. The molecule has 1 aromatic heterocycles. The summed E-state index contributed by atoms with van der Waals surface area (Å²) in [6, 6.07) is 8.52. The van der Waals surface area contributed by atoms with Gasteiger partial charge < -0.3 is 11.1 Å². The van der Waals surface area contributed by atoms with Gasteiger partial charge in [-0.1, -0.05) is 31.9 Å². The van der Waals surface area contributed by atoms with E-state index >= 15 is 0 Å². The van der Waals surface area contributed by atoms with Gasteiger partial charge in [-0.3, -0.25) is 0 Å². The summed E-state index contributed by atoms with van der Waals surface area (Å²) in [6.45, 7) is 2.35. The van der Waals surface area contributed by atoms with E-state index in [1.807, 2.05) is 18.2 Å². The summed E-state index contributed by atoms with van der Waals surface area (Å²) >= 11 is 0. The molecule has 1 aliphatic rings. The molecule has 20 heavy (non-hydrogen) atoms. The number of fused-ring (bicyclic) bond motifs is 1. The van der Waals surface area contributed by atoms with Crippen LogP contribution in [-0.4, -0.2) is 16.0 Å². The Balaban J connectivity index is 1.86. The van der Waals surface area contributed by atoms with Crippen LogP contribution in [0.15, 0.2) is 24.3 Å². The van der Waals surface area contributed by atoms with Crippen LogP contribution in [0.1, 0.15) is 39.0 Å². The van der Waals surface area contributed by atoms with Crippen LogP contribution in [0, 0.1) is 5.92 Å². The molecule has 2 aromatic rings. The highest BCUT2D eigenvalue weighted by molar-refractivity contribution is 5.89. The van der Waals surface area contributed by atoms with Gasteiger partial charge in [0.2, 0.25) is 5.95 Å². The van der Waals surface area contributed by atoms with E-state index in [1.165, 1.54) is 32.1 Å². The molecule has 3 N–H and O–H groups in total. The average molecular weight is 270 g/mol. The van der Waals surface area contributed by atoms with Gasteiger partial charge in [0.25, 0.3) is 0 Å². The van der Waals surface area contributed by atoms with Gasteiger partial charge in [0.05, 0.1) is 5.52 Å². The van der Waals surface area contributed by atoms with Crippen molar-refractivity contribution in [3.05, 3.63) is 24.3 Å². The predicted molar refractivity (Wildman–Crippen MR) is 83.6 cm³/mol. The Morgan fingerprint density at radius 1 is 1.10 bits per heavy atom. The standard InChI is InChI=1S/C16H22N4/c1-11-5-4-6-12(10-9-11)18-15-13-7-2-3-8-14(13)19-16(17)20-15/h2-3,7-8,11-12H,4-6,9-10H2,1H3,(H3,17,18,19,20). The lowest BCUT2D eigenvalue weighted by molar-refractivity contribution is 0.502. The van der Waals surface area contributed by atoms with Crippen molar-refractivity contribution >= 4 is 22.7 Å². The second-order valence-electron chi connectivity index (χ2n) is 5.90. The molecule has 0 aliphatic heterocycles. The lowest BCUT2D eigenvalue weighted by atomic mass is 10.0. The molecule has 4 heteroatoms. The van der Waals surface area contributed by atoms with Gasteiger partial charge in [0.1, 0.15) is 5.82 Å². The number of nitrogens with one attached hydrogen (secondary N) is 1. The van der Waals surface area contributed by atoms with E-state index in [2.05, 4.69) is 28.3 Å². The monoisotopic (exact) mass is 270 g/mol. The van der Waals surface area contributed by atoms with Gasteiger partial charge in [-0.15, -0.1) is 0 Å². The van der Waals surface area contributed by atoms with Gasteiger partial charge >= 0.3 is 0 Å². The van der Waals surface area contributed by atoms with Gasteiger partial charge in [-0.05, 0) is 37.3 Å². The summed E-state index contributed by atoms with van der Waals surface area (Å²) in [6.07, 6.45) is 6.33. The number of hydrogen-bond acceptors (Lipinski definition) is 4. The van der Waals surface area contributed by atoms with Crippen molar-refractivity contribution in [2.45, 2.75) is 45.1 Å². The number of hydrogen-bond donors (Lipinski definition) is 2. The molecular weight excluding hydrogens is 248 g/mol. The molecule has 2 unspecified atom stereocenters. The smallest absolute Gasteiger partial charge is 0.222 e. The lowest BCUT2D eigenvalue weighted by Crippen LogP contribution is -2.20. The van der Waals surface area contributed by atoms with Crippen LogP contribution in [-0.2, 0) is 0 Å². The zero-order valence-corrected chi connectivity index (χ0v) is 12.0. The summed E-state index contributed by atoms with van der Waals surface area (Å²) in [7, 11) is 0. The maximum atomic E-state index is 5.82. The van der Waals surface area contributed by atoms with Crippen LogP contribution in [0.4, 0.5) is 11.8 Å². The van der Waals surface area contributed by atoms with Crippen LogP contribution < -0.4 is 11.1 Å². The summed E-state index contributed by atoms with van der Waals surface area (Å²) in [5.41, 5.74) is 6.73. The fourth-order valence-corrected chi connectivity index (χ4v) is 3.03. The highest BCUT2D eigenvalue weighted by Crippen LogP contribution is 2.27. The lowest BCUT2D eigenvalue weighted by Gasteiger charge is -2.18. The Morgan fingerprint density at radius 3 is 2.85 bits per heavy atom. The average Bonchev–Trinajstić information content (AvgIpc) is 2.64. The second-order valence-corrected chi connectivity index (χ2v) is 5.90. The third-order valence-corrected chi connectivity index (χ3v) is 4.22. The molecule has 2 atom stereocenters. The predicted octanol–water partition coefficient (Wildman–Crippen LogP) is 3.59. The molecule has 4 nitrogen and oxygen atoms in total. The molecule has 106 valence electrons. The molecule has 1 aromatic carbocycles. The van der Waals surface area contributed by atoms with Gasteiger partial charge in [0, 0.05) is 11.4 Å². The fraction of sp³-hybridized carbons (Fsp3) is 0.500. The highest BCUT2D eigenvalue weighted by atomic mass is 15.1. The zero-order chi connectivity index (χ0) is 13.9. The number of benzene rings is 1. The van der Waals surface area contributed by atoms with E-state index in [-0.39, 0.29) is 0 Å². The van der Waals surface area contributed by atoms with Crippen molar-refractivity contribution in [3.63, 3.8) is 0 Å². The van der Waals surface area contributed by atoms with Crippen LogP contribution in [0.2, 0.25) is 0 Å². The molecule has 1 saturated carbocycles. The van der Waals surface area contributed by atoms with E-state index in [4.69, 9.17) is 5.73 Å². The van der Waals surface area contributed by atoms with Gasteiger partial charge in [-0.2, -0.15) is 4.98 Å². The number of aromatic nitrogens is 2. The number of rotatable bonds is 2. The molecule has 0 saturated heterocycles. The van der Waals surface area contributed by atoms with Crippen molar-refractivity contribution in [1.82, 2.24) is 9.97 Å². The van der Waals surface area contributed by atoms with Crippen molar-refractivity contribution in [2.24, 2.45) is 5.92 Å². The number of nitrogen functional groups attached to an aromatic ring is 1. The topological polar surface area (TPSA) is 63.8 Å². The van der Waals surface area contributed by atoms with Crippen molar-refractivity contribution < 1.29 is 0 Å². The van der Waals surface area contributed by atoms with Crippen molar-refractivity contribution in [3.8, 4) is 0 Å². The maximum absolute atomic E-state index is 5.82. The first-order chi connectivity index (χ1) is 9.72. The van der Waals surface area contributed by atoms with E-state index < -0.39 is 0 Å². The fourth-order valence-electron chi connectivity index (χ4n) is 3.03. The minimum Gasteiger partial charge on any atom is -0.368 e. The summed E-state index contributed by atoms with van der Waals surface area (Å²) in [5, 5.41) is 4.65. The van der Waals surface area contributed by atoms with Crippen molar-refractivity contribution in [2.75, 3.05) is 11.1 Å². The van der Waals surface area contributed by atoms with Crippen LogP contribution in [0.3, 0.4) is 0 Å². The SMILES string of the molecule is CC1CCCC(Nc2nc(N)nc3ccccc23)CC1. The van der Waals surface area contributed by atoms with Crippen molar-refractivity contribution in [1.29, 1.82) is 0 Å². The first-order valence-electron chi connectivity index (χ1n) is 7.51. The summed E-state index contributed by atoms with van der Waals surface area (Å²) in [4.78, 5) is 8.69. The van der Waals surface area contributed by atoms with Crippen LogP contribution in [0.5, 0.6) is 0 Å². The number of anilines is 2. The molecule has 1 fully saturated rings. The minimum atomic E-state index is 0.341. The summed E-state index contributed by atoms with van der Waals surface area (Å²) in [5.74, 6) is 2.06. The number of nitrogens with zero attached hydrogens (tertiary/aromatic N) is 2. The molecule has 0 amide bonds. The molecule has 3 rings (SSSR count). The second kappa shape index (κ2) is 5.65. The quantitative estimate of drug-likeness (QED) is 0.818. The van der Waals surface area contributed by atoms with Gasteiger partial charge in [-0.25, -0.2) is 4.98 Å². The molecule has 0 bridgehead atoms. The number of para-hydroxylation sites is 1. The normalized spacial score (nSPS) is 23.4. The van der Waals surface area contributed by atoms with E-state index in [9.17, 15) is 0 Å². The Hall–Kier alpha value is -1.84. The van der Waals surface area contributed by atoms with E-state index in [1.54, 1.807) is 0 Å². The molecule has 0 radical (unpaired) electrons. The molecular formula is C16H22N4. The molecule has 0 spiro atoms. The Kier molecular flexibility index (Phi) is 3.72. The van der Waals surface area contributed by atoms with E-state index in [0.29, 0.717) is 12.0 Å². The van der Waals surface area contributed by atoms with Gasteiger partial charge in [0.15, 0.2) is 0 Å². The Labute approximate surface area is 119 Å². The van der Waals surface area contributed by atoms with Crippen LogP contribution in [0.25, 0.3) is 10.9 Å². The van der Waals surface area contributed by atoms with Crippen LogP contribution >= 0.6 is 0 Å². The molecule has 1 heterocycles. The first kappa shape index (κ1) is 13.2. The Bertz CT molecular complexity index is 596. The minimum absolute atomic E-state index is 0.341. The summed E-state index contributed by atoms with van der Waals surface area (Å²) < 4.78 is 0. The third kappa shape index (κ3) is 2.84. The zero-order valence-electron chi connectivity index (χ0n) is 12.0. The first-order valence-corrected chi connectivity index (χ1v) is 7.51. The third-order valence-electron chi connectivity index (χ3n) is 4.22.